The van der Waals surface area contributed by atoms with E-state index in [1.165, 1.54) is 42.4 Å². The molecule has 0 amide bonds. The second kappa shape index (κ2) is 5.89. The Morgan fingerprint density at radius 1 is 0.960 bits per heavy atom. The summed E-state index contributed by atoms with van der Waals surface area (Å²) in [6.07, 6.45) is 0. The zero-order chi connectivity index (χ0) is 17.7. The van der Waals surface area contributed by atoms with Gasteiger partial charge in [-0.05, 0) is 71.0 Å². The first-order chi connectivity index (χ1) is 12.0. The van der Waals surface area contributed by atoms with Crippen molar-refractivity contribution in [1.29, 1.82) is 0 Å². The van der Waals surface area contributed by atoms with Gasteiger partial charge in [-0.2, -0.15) is 0 Å². The number of aryl methyl sites for hydroxylation is 2. The van der Waals surface area contributed by atoms with E-state index in [1.54, 1.807) is 0 Å². The molecule has 1 N–H and O–H groups in total. The summed E-state index contributed by atoms with van der Waals surface area (Å²) in [6.45, 7) is 8.66. The molecule has 0 unspecified atom stereocenters. The second-order valence-electron chi connectivity index (χ2n) is 7.06. The smallest absolute Gasteiger partial charge is 0.119 e. The van der Waals surface area contributed by atoms with Crippen LogP contribution in [0.15, 0.2) is 48.5 Å². The third-order valence-corrected chi connectivity index (χ3v) is 6.27. The topological polar surface area (TPSA) is 20.2 Å². The normalized spacial score (nSPS) is 11.7. The van der Waals surface area contributed by atoms with Gasteiger partial charge < -0.3 is 5.11 Å². The Hall–Kier alpha value is -2.32. The Balaban J connectivity index is 2.17. The fourth-order valence-corrected chi connectivity index (χ4v) is 4.79. The third-order valence-electron chi connectivity index (χ3n) is 5.12. The van der Waals surface area contributed by atoms with Crippen LogP contribution in [-0.2, 0) is 0 Å². The lowest BCUT2D eigenvalue weighted by Gasteiger charge is -2.14. The Labute approximate surface area is 152 Å². The molecule has 1 heterocycles. The van der Waals surface area contributed by atoms with Gasteiger partial charge in [-0.15, -0.1) is 11.3 Å². The maximum Gasteiger partial charge on any atom is 0.119 e. The lowest BCUT2D eigenvalue weighted by atomic mass is 9.90. The first kappa shape index (κ1) is 16.2. The van der Waals surface area contributed by atoms with Crippen molar-refractivity contribution in [3.63, 3.8) is 0 Å². The molecule has 1 nitrogen and oxygen atoms in total. The second-order valence-corrected chi connectivity index (χ2v) is 8.31. The van der Waals surface area contributed by atoms with Gasteiger partial charge in [0.15, 0.2) is 0 Å². The Kier molecular flexibility index (Phi) is 3.81. The highest BCUT2D eigenvalue weighted by molar-refractivity contribution is 7.19. The molecule has 0 aliphatic carbocycles. The molecule has 0 bridgehead atoms. The molecular weight excluding hydrogens is 324 g/mol. The quantitative estimate of drug-likeness (QED) is 0.408. The molecule has 0 aliphatic heterocycles. The lowest BCUT2D eigenvalue weighted by Crippen LogP contribution is -1.91. The molecule has 2 heteroatoms. The zero-order valence-corrected chi connectivity index (χ0v) is 15.9. The summed E-state index contributed by atoms with van der Waals surface area (Å²) in [5, 5.41) is 14.1. The lowest BCUT2D eigenvalue weighted by molar-refractivity contribution is 0.465. The molecule has 4 aromatic rings. The number of thiophene rings is 1. The number of rotatable bonds is 2. The monoisotopic (exact) mass is 346 g/mol. The third kappa shape index (κ3) is 2.52. The molecule has 0 aliphatic rings. The van der Waals surface area contributed by atoms with Crippen molar-refractivity contribution in [1.82, 2.24) is 0 Å². The highest BCUT2D eigenvalue weighted by atomic mass is 32.1. The molecule has 25 heavy (non-hydrogen) atoms. The number of aromatic hydroxyl groups is 1. The van der Waals surface area contributed by atoms with Gasteiger partial charge in [0.1, 0.15) is 5.75 Å². The van der Waals surface area contributed by atoms with Crippen molar-refractivity contribution in [2.24, 2.45) is 0 Å². The fraction of sp³-hybridized carbons (Fsp3) is 0.217. The standard InChI is InChI=1S/C23H22OS/c1-13(2)19-11-17(9-10-20(19)24)23-18-8-6-5-7-16(18)12-21-22(23)14(3)15(4)25-21/h5-13,24H,1-4H3. The molecule has 0 radical (unpaired) electrons. The molecule has 0 spiro atoms. The number of hydrogen-bond donors (Lipinski definition) is 1. The van der Waals surface area contributed by atoms with Crippen LogP contribution in [0.3, 0.4) is 0 Å². The minimum absolute atomic E-state index is 0.288. The van der Waals surface area contributed by atoms with Gasteiger partial charge in [-0.25, -0.2) is 0 Å². The van der Waals surface area contributed by atoms with E-state index in [0.29, 0.717) is 5.75 Å². The van der Waals surface area contributed by atoms with Gasteiger partial charge in [-0.1, -0.05) is 44.2 Å². The van der Waals surface area contributed by atoms with Crippen LogP contribution in [-0.4, -0.2) is 5.11 Å². The number of fused-ring (bicyclic) bond motifs is 2. The van der Waals surface area contributed by atoms with Crippen molar-refractivity contribution in [2.75, 3.05) is 0 Å². The van der Waals surface area contributed by atoms with Crippen molar-refractivity contribution in [3.8, 4) is 16.9 Å². The molecule has 0 saturated carbocycles. The molecule has 1 aromatic heterocycles. The number of phenols is 1. The van der Waals surface area contributed by atoms with Crippen LogP contribution in [0.2, 0.25) is 0 Å². The van der Waals surface area contributed by atoms with E-state index in [4.69, 9.17) is 0 Å². The van der Waals surface area contributed by atoms with E-state index in [1.807, 2.05) is 17.4 Å². The summed E-state index contributed by atoms with van der Waals surface area (Å²) in [7, 11) is 0. The van der Waals surface area contributed by atoms with Crippen LogP contribution in [0.25, 0.3) is 32.0 Å². The highest BCUT2D eigenvalue weighted by Crippen LogP contribution is 2.43. The predicted molar refractivity (Wildman–Crippen MR) is 110 cm³/mol. The van der Waals surface area contributed by atoms with Crippen molar-refractivity contribution >= 4 is 32.2 Å². The Morgan fingerprint density at radius 2 is 1.72 bits per heavy atom. The summed E-state index contributed by atoms with van der Waals surface area (Å²) < 4.78 is 1.34. The average molecular weight is 346 g/mol. The van der Waals surface area contributed by atoms with E-state index in [9.17, 15) is 5.11 Å². The largest absolute Gasteiger partial charge is 0.508 e. The highest BCUT2D eigenvalue weighted by Gasteiger charge is 2.17. The molecule has 0 saturated heterocycles. The first-order valence-corrected chi connectivity index (χ1v) is 9.53. The van der Waals surface area contributed by atoms with E-state index < -0.39 is 0 Å². The van der Waals surface area contributed by atoms with Crippen molar-refractivity contribution < 1.29 is 5.11 Å². The number of phenolic OH excluding ortho intramolecular Hbond substituents is 1. The summed E-state index contributed by atoms with van der Waals surface area (Å²) >= 11 is 1.87. The van der Waals surface area contributed by atoms with E-state index in [-0.39, 0.29) is 5.92 Å². The van der Waals surface area contributed by atoms with Gasteiger partial charge in [-0.3, -0.25) is 0 Å². The molecule has 3 aromatic carbocycles. The van der Waals surface area contributed by atoms with Gasteiger partial charge in [0.2, 0.25) is 0 Å². The zero-order valence-electron chi connectivity index (χ0n) is 15.1. The number of benzene rings is 3. The van der Waals surface area contributed by atoms with Gasteiger partial charge in [0.25, 0.3) is 0 Å². The molecule has 4 rings (SSSR count). The Bertz CT molecular complexity index is 1100. The summed E-state index contributed by atoms with van der Waals surface area (Å²) in [5.41, 5.74) is 4.84. The summed E-state index contributed by atoms with van der Waals surface area (Å²) in [6, 6.07) is 17.0. The summed E-state index contributed by atoms with van der Waals surface area (Å²) in [4.78, 5) is 1.37. The van der Waals surface area contributed by atoms with Crippen LogP contribution in [0.4, 0.5) is 0 Å². The van der Waals surface area contributed by atoms with Crippen LogP contribution in [0, 0.1) is 13.8 Å². The van der Waals surface area contributed by atoms with Crippen LogP contribution >= 0.6 is 11.3 Å². The maximum absolute atomic E-state index is 10.2. The van der Waals surface area contributed by atoms with Gasteiger partial charge >= 0.3 is 0 Å². The van der Waals surface area contributed by atoms with Crippen molar-refractivity contribution in [2.45, 2.75) is 33.6 Å². The first-order valence-electron chi connectivity index (χ1n) is 8.72. The average Bonchev–Trinajstić information content (AvgIpc) is 2.87. The van der Waals surface area contributed by atoms with E-state index >= 15 is 0 Å². The molecule has 0 atom stereocenters. The minimum atomic E-state index is 0.288. The minimum Gasteiger partial charge on any atom is -0.508 e. The van der Waals surface area contributed by atoms with Crippen LogP contribution in [0.1, 0.15) is 35.8 Å². The van der Waals surface area contributed by atoms with Gasteiger partial charge in [0, 0.05) is 15.0 Å². The van der Waals surface area contributed by atoms with Crippen LogP contribution in [0.5, 0.6) is 5.75 Å². The number of hydrogen-bond acceptors (Lipinski definition) is 2. The summed E-state index contributed by atoms with van der Waals surface area (Å²) in [5.74, 6) is 0.671. The van der Waals surface area contributed by atoms with Gasteiger partial charge in [0.05, 0.1) is 0 Å². The molecule has 0 fully saturated rings. The maximum atomic E-state index is 10.2. The van der Waals surface area contributed by atoms with Crippen molar-refractivity contribution in [3.05, 3.63) is 64.5 Å². The molecule has 126 valence electrons. The SMILES string of the molecule is Cc1sc2cc3ccccc3c(-c3ccc(O)c(C(C)C)c3)c2c1C. The van der Waals surface area contributed by atoms with E-state index in [0.717, 1.165) is 5.56 Å². The Morgan fingerprint density at radius 3 is 2.48 bits per heavy atom. The van der Waals surface area contributed by atoms with Crippen LogP contribution < -0.4 is 0 Å². The molecular formula is C23H22OS. The van der Waals surface area contributed by atoms with E-state index in [2.05, 4.69) is 70.2 Å². The fourth-order valence-electron chi connectivity index (χ4n) is 3.66. The predicted octanol–water partition coefficient (Wildman–Crippen LogP) is 7.17.